The minimum Gasteiger partial charge on any atom is -0.379 e. The van der Waals surface area contributed by atoms with Gasteiger partial charge in [0.2, 0.25) is 0 Å². The quantitative estimate of drug-likeness (QED) is 0.723. The highest BCUT2D eigenvalue weighted by molar-refractivity contribution is 6.01. The third-order valence-corrected chi connectivity index (χ3v) is 3.37. The van der Waals surface area contributed by atoms with E-state index in [0.717, 1.165) is 25.1 Å². The van der Waals surface area contributed by atoms with Crippen LogP contribution < -0.4 is 5.06 Å². The Morgan fingerprint density at radius 1 is 1.38 bits per heavy atom. The summed E-state index contributed by atoms with van der Waals surface area (Å²) in [5.41, 5.74) is 1.29. The minimum atomic E-state index is 0.0852. The number of carbonyl (C=O) groups is 1. The molecule has 1 aliphatic rings. The monoisotopic (exact) mass is 292 g/mol. The van der Waals surface area contributed by atoms with Crippen molar-refractivity contribution < 1.29 is 14.4 Å². The zero-order valence-corrected chi connectivity index (χ0v) is 13.0. The molecule has 21 heavy (non-hydrogen) atoms. The molecule has 1 aromatic rings. The summed E-state index contributed by atoms with van der Waals surface area (Å²) in [5.74, 6) is 0.0865. The lowest BCUT2D eigenvalue weighted by atomic mass is 10.1. The average molecular weight is 292 g/mol. The number of carbonyl (C=O) groups excluding carboxylic acids is 1. The molecule has 116 valence electrons. The highest BCUT2D eigenvalue weighted by Gasteiger charge is 2.25. The van der Waals surface area contributed by atoms with Gasteiger partial charge in [-0.1, -0.05) is 0 Å². The number of hydrogen-bond donors (Lipinski definition) is 0. The van der Waals surface area contributed by atoms with E-state index < -0.39 is 0 Å². The van der Waals surface area contributed by atoms with E-state index in [-0.39, 0.29) is 18.0 Å². The molecule has 0 bridgehead atoms. The summed E-state index contributed by atoms with van der Waals surface area (Å²) >= 11 is 0. The van der Waals surface area contributed by atoms with Gasteiger partial charge in [0.1, 0.15) is 5.69 Å². The Hall–Kier alpha value is -1.46. The van der Waals surface area contributed by atoms with Gasteiger partial charge in [-0.25, -0.2) is 0 Å². The normalized spacial score (nSPS) is 16.2. The second-order valence-corrected chi connectivity index (χ2v) is 5.62. The molecule has 1 atom stereocenters. The summed E-state index contributed by atoms with van der Waals surface area (Å²) in [7, 11) is 0. The molecule has 5 heteroatoms. The highest BCUT2D eigenvalue weighted by atomic mass is 16.7. The van der Waals surface area contributed by atoms with Crippen molar-refractivity contribution in [3.05, 3.63) is 24.0 Å². The SMILES string of the molecule is CC(C)OCCCC(C)ON1CCC(=O)c2ncccc21. The Bertz CT molecular complexity index is 476. The molecule has 0 saturated carbocycles. The Morgan fingerprint density at radius 2 is 2.19 bits per heavy atom. The van der Waals surface area contributed by atoms with Crippen LogP contribution in [0.25, 0.3) is 0 Å². The summed E-state index contributed by atoms with van der Waals surface area (Å²) in [6.45, 7) is 7.46. The highest BCUT2D eigenvalue weighted by Crippen LogP contribution is 2.26. The number of hydrogen-bond acceptors (Lipinski definition) is 5. The first kappa shape index (κ1) is 15.9. The molecule has 0 amide bonds. The number of Topliss-reactive ketones (excluding diaryl/α,β-unsaturated/α-hetero) is 1. The largest absolute Gasteiger partial charge is 0.379 e. The fraction of sp³-hybridized carbons (Fsp3) is 0.625. The second kappa shape index (κ2) is 7.52. The van der Waals surface area contributed by atoms with Crippen LogP contribution in [0.3, 0.4) is 0 Å². The van der Waals surface area contributed by atoms with Gasteiger partial charge in [0.15, 0.2) is 5.78 Å². The number of aromatic nitrogens is 1. The topological polar surface area (TPSA) is 51.7 Å². The lowest BCUT2D eigenvalue weighted by Crippen LogP contribution is -2.35. The van der Waals surface area contributed by atoms with E-state index in [4.69, 9.17) is 9.57 Å². The predicted molar refractivity (Wildman–Crippen MR) is 81.4 cm³/mol. The van der Waals surface area contributed by atoms with Crippen molar-refractivity contribution in [2.45, 2.75) is 52.2 Å². The number of nitrogens with zero attached hydrogens (tertiary/aromatic N) is 2. The third kappa shape index (κ3) is 4.51. The lowest BCUT2D eigenvalue weighted by molar-refractivity contribution is 0.0218. The first-order valence-electron chi connectivity index (χ1n) is 7.62. The Morgan fingerprint density at radius 3 is 2.95 bits per heavy atom. The number of hydroxylamine groups is 1. The summed E-state index contributed by atoms with van der Waals surface area (Å²) in [5, 5.41) is 1.80. The van der Waals surface area contributed by atoms with Crippen LogP contribution in [0.15, 0.2) is 18.3 Å². The molecule has 0 radical (unpaired) electrons. The van der Waals surface area contributed by atoms with Gasteiger partial charge in [-0.2, -0.15) is 0 Å². The first-order chi connectivity index (χ1) is 10.1. The molecule has 0 N–H and O–H groups in total. The molecular weight excluding hydrogens is 268 g/mol. The first-order valence-corrected chi connectivity index (χ1v) is 7.62. The molecule has 1 aromatic heterocycles. The van der Waals surface area contributed by atoms with Crippen molar-refractivity contribution in [3.63, 3.8) is 0 Å². The molecule has 0 saturated heterocycles. The van der Waals surface area contributed by atoms with Gasteiger partial charge in [0.25, 0.3) is 0 Å². The van der Waals surface area contributed by atoms with Crippen LogP contribution in [-0.4, -0.2) is 36.1 Å². The van der Waals surface area contributed by atoms with Crippen molar-refractivity contribution in [2.24, 2.45) is 0 Å². The average Bonchev–Trinajstić information content (AvgIpc) is 2.47. The van der Waals surface area contributed by atoms with Gasteiger partial charge in [-0.15, -0.1) is 0 Å². The molecule has 1 aliphatic heterocycles. The van der Waals surface area contributed by atoms with Gasteiger partial charge >= 0.3 is 0 Å². The smallest absolute Gasteiger partial charge is 0.185 e. The van der Waals surface area contributed by atoms with Crippen molar-refractivity contribution in [3.8, 4) is 0 Å². The van der Waals surface area contributed by atoms with E-state index >= 15 is 0 Å². The summed E-state index contributed by atoms with van der Waals surface area (Å²) in [6, 6.07) is 3.71. The fourth-order valence-corrected chi connectivity index (χ4v) is 2.32. The number of ether oxygens (including phenoxy) is 1. The van der Waals surface area contributed by atoms with Gasteiger partial charge in [-0.3, -0.25) is 19.7 Å². The summed E-state index contributed by atoms with van der Waals surface area (Å²) in [4.78, 5) is 22.0. The Labute approximate surface area is 126 Å². The van der Waals surface area contributed by atoms with Crippen molar-refractivity contribution in [1.29, 1.82) is 0 Å². The van der Waals surface area contributed by atoms with Gasteiger partial charge < -0.3 is 4.74 Å². The third-order valence-electron chi connectivity index (χ3n) is 3.37. The summed E-state index contributed by atoms with van der Waals surface area (Å²) < 4.78 is 5.53. The van der Waals surface area contributed by atoms with Crippen LogP contribution in [0, 0.1) is 0 Å². The number of pyridine rings is 1. The standard InChI is InChI=1S/C16H24N2O3/c1-12(2)20-11-5-6-13(3)21-18-10-8-15(19)16-14(18)7-4-9-17-16/h4,7,9,12-13H,5-6,8,10-11H2,1-3H3. The fourth-order valence-electron chi connectivity index (χ4n) is 2.32. The summed E-state index contributed by atoms with van der Waals surface area (Å²) in [6.07, 6.45) is 4.34. The Kier molecular flexibility index (Phi) is 5.70. The van der Waals surface area contributed by atoms with E-state index in [1.54, 1.807) is 11.3 Å². The molecule has 2 rings (SSSR count). The van der Waals surface area contributed by atoms with E-state index in [1.165, 1.54) is 0 Å². The molecule has 0 aromatic carbocycles. The number of anilines is 1. The Balaban J connectivity index is 1.86. The zero-order chi connectivity index (χ0) is 15.2. The molecule has 5 nitrogen and oxygen atoms in total. The predicted octanol–water partition coefficient (Wildman–Crippen LogP) is 3.00. The minimum absolute atomic E-state index is 0.0852. The van der Waals surface area contributed by atoms with E-state index in [0.29, 0.717) is 18.7 Å². The molecule has 0 aliphatic carbocycles. The number of ketones is 1. The second-order valence-electron chi connectivity index (χ2n) is 5.62. The maximum absolute atomic E-state index is 11.8. The van der Waals surface area contributed by atoms with Crippen molar-refractivity contribution >= 4 is 11.5 Å². The van der Waals surface area contributed by atoms with Crippen LogP contribution in [0.2, 0.25) is 0 Å². The van der Waals surface area contributed by atoms with Gasteiger partial charge in [0.05, 0.1) is 24.4 Å². The molecule has 0 spiro atoms. The van der Waals surface area contributed by atoms with Crippen LogP contribution in [0.1, 0.15) is 50.5 Å². The van der Waals surface area contributed by atoms with Crippen molar-refractivity contribution in [2.75, 3.05) is 18.2 Å². The van der Waals surface area contributed by atoms with Crippen LogP contribution >= 0.6 is 0 Å². The molecule has 1 unspecified atom stereocenters. The van der Waals surface area contributed by atoms with E-state index in [9.17, 15) is 4.79 Å². The zero-order valence-electron chi connectivity index (χ0n) is 13.0. The van der Waals surface area contributed by atoms with Gasteiger partial charge in [0, 0.05) is 19.2 Å². The van der Waals surface area contributed by atoms with E-state index in [1.807, 2.05) is 32.9 Å². The van der Waals surface area contributed by atoms with Crippen LogP contribution in [-0.2, 0) is 9.57 Å². The number of rotatable bonds is 7. The molecule has 2 heterocycles. The van der Waals surface area contributed by atoms with Crippen molar-refractivity contribution in [1.82, 2.24) is 4.98 Å². The maximum atomic E-state index is 11.8. The maximum Gasteiger partial charge on any atom is 0.185 e. The molecule has 0 fully saturated rings. The van der Waals surface area contributed by atoms with Gasteiger partial charge in [-0.05, 0) is 45.7 Å². The lowest BCUT2D eigenvalue weighted by Gasteiger charge is -2.31. The van der Waals surface area contributed by atoms with Crippen LogP contribution in [0.4, 0.5) is 5.69 Å². The van der Waals surface area contributed by atoms with E-state index in [2.05, 4.69) is 4.98 Å². The molecular formula is C16H24N2O3. The number of fused-ring (bicyclic) bond motifs is 1. The van der Waals surface area contributed by atoms with Crippen LogP contribution in [0.5, 0.6) is 0 Å².